The van der Waals surface area contributed by atoms with Crippen LogP contribution in [-0.4, -0.2) is 66.5 Å². The van der Waals surface area contributed by atoms with Gasteiger partial charge in [0.05, 0.1) is 6.42 Å². The second-order valence-corrected chi connectivity index (χ2v) is 6.18. The summed E-state index contributed by atoms with van der Waals surface area (Å²) in [5.41, 5.74) is 0. The van der Waals surface area contributed by atoms with Gasteiger partial charge in [-0.2, -0.15) is 0 Å². The van der Waals surface area contributed by atoms with E-state index in [9.17, 15) is 24.0 Å². The van der Waals surface area contributed by atoms with Crippen LogP contribution in [0.25, 0.3) is 0 Å². The number of amides is 1. The molecular weight excluding hydrogens is 402 g/mol. The molecule has 11 nitrogen and oxygen atoms in total. The summed E-state index contributed by atoms with van der Waals surface area (Å²) in [7, 11) is 0. The van der Waals surface area contributed by atoms with Crippen molar-refractivity contribution >= 4 is 41.4 Å². The molecule has 0 saturated carbocycles. The maximum absolute atomic E-state index is 11.8. The van der Waals surface area contributed by atoms with Gasteiger partial charge in [-0.05, 0) is 0 Å². The summed E-state index contributed by atoms with van der Waals surface area (Å²) in [4.78, 5) is 57.6. The van der Waals surface area contributed by atoms with Crippen LogP contribution in [-0.2, 0) is 47.7 Å². The minimum atomic E-state index is -2.08. The molecule has 0 spiro atoms. The number of hydrogen-bond acceptors (Lipinski definition) is 10. The highest BCUT2D eigenvalue weighted by molar-refractivity contribution is 6.27. The van der Waals surface area contributed by atoms with Gasteiger partial charge >= 0.3 is 29.8 Å². The van der Waals surface area contributed by atoms with Crippen molar-refractivity contribution in [3.8, 4) is 0 Å². The van der Waals surface area contributed by atoms with E-state index in [1.165, 1.54) is 0 Å². The van der Waals surface area contributed by atoms with Crippen LogP contribution in [0.4, 0.5) is 0 Å². The van der Waals surface area contributed by atoms with Gasteiger partial charge in [-0.15, -0.1) is 11.6 Å². The highest BCUT2D eigenvalue weighted by Gasteiger charge is 2.54. The molecule has 0 aliphatic carbocycles. The van der Waals surface area contributed by atoms with E-state index >= 15 is 0 Å². The van der Waals surface area contributed by atoms with Crippen LogP contribution in [0.1, 0.15) is 34.1 Å². The van der Waals surface area contributed by atoms with Crippen molar-refractivity contribution in [2.75, 3.05) is 12.5 Å². The summed E-state index contributed by atoms with van der Waals surface area (Å²) in [5.74, 6) is -6.25. The number of esters is 4. The van der Waals surface area contributed by atoms with E-state index in [0.717, 1.165) is 27.7 Å². The first kappa shape index (κ1) is 23.6. The molecule has 1 fully saturated rings. The van der Waals surface area contributed by atoms with Crippen molar-refractivity contribution in [1.29, 1.82) is 0 Å². The molecule has 0 radical (unpaired) electrons. The molecule has 28 heavy (non-hydrogen) atoms. The summed E-state index contributed by atoms with van der Waals surface area (Å²) in [6, 6.07) is 0. The van der Waals surface area contributed by atoms with E-state index in [1.54, 1.807) is 0 Å². The lowest BCUT2D eigenvalue weighted by Crippen LogP contribution is -2.66. The largest absolute Gasteiger partial charge is 0.463 e. The van der Waals surface area contributed by atoms with Crippen molar-refractivity contribution in [2.45, 2.75) is 58.3 Å². The lowest BCUT2D eigenvalue weighted by atomic mass is 9.98. The molecule has 0 aromatic heterocycles. The molecule has 1 saturated heterocycles. The van der Waals surface area contributed by atoms with Gasteiger partial charge in [0.25, 0.3) is 0 Å². The Labute approximate surface area is 165 Å². The Balaban J connectivity index is 3.31. The van der Waals surface area contributed by atoms with E-state index in [1.807, 2.05) is 0 Å². The molecule has 0 unspecified atom stereocenters. The van der Waals surface area contributed by atoms with E-state index in [4.69, 9.17) is 35.3 Å². The van der Waals surface area contributed by atoms with E-state index in [2.05, 4.69) is 5.32 Å². The van der Waals surface area contributed by atoms with Crippen LogP contribution in [0.3, 0.4) is 0 Å². The van der Waals surface area contributed by atoms with Crippen LogP contribution in [0.5, 0.6) is 0 Å². The van der Waals surface area contributed by atoms with E-state index in [0.29, 0.717) is 0 Å². The number of carbonyl (C=O) groups is 5. The lowest BCUT2D eigenvalue weighted by molar-refractivity contribution is -0.322. The maximum Gasteiger partial charge on any atom is 0.306 e. The van der Waals surface area contributed by atoms with Crippen molar-refractivity contribution in [3.63, 3.8) is 0 Å². The molecule has 1 N–H and O–H groups in total. The Morgan fingerprint density at radius 2 is 1.61 bits per heavy atom. The van der Waals surface area contributed by atoms with Gasteiger partial charge in [0, 0.05) is 27.7 Å². The van der Waals surface area contributed by atoms with E-state index < -0.39 is 72.9 Å². The van der Waals surface area contributed by atoms with Gasteiger partial charge < -0.3 is 23.7 Å². The van der Waals surface area contributed by atoms with Gasteiger partial charge in [-0.3, -0.25) is 29.3 Å². The molecule has 0 aromatic rings. The van der Waals surface area contributed by atoms with Gasteiger partial charge in [0.2, 0.25) is 5.91 Å². The van der Waals surface area contributed by atoms with Gasteiger partial charge in [0.15, 0.2) is 6.10 Å². The third kappa shape index (κ3) is 7.31. The number of nitrogens with one attached hydrogen (secondary N) is 1. The molecule has 1 aliphatic heterocycles. The Hall–Kier alpha value is -2.40. The van der Waals surface area contributed by atoms with Gasteiger partial charge in [-0.25, -0.2) is 0 Å². The minimum Gasteiger partial charge on any atom is -0.463 e. The minimum absolute atomic E-state index is 0.399. The fourth-order valence-corrected chi connectivity index (χ4v) is 2.69. The first-order valence-electron chi connectivity index (χ1n) is 8.20. The van der Waals surface area contributed by atoms with Crippen LogP contribution in [0, 0.1) is 0 Å². The summed E-state index contributed by atoms with van der Waals surface area (Å²) in [5, 5.41) is 2.30. The number of halogens is 1. The topological polar surface area (TPSA) is 144 Å². The monoisotopic (exact) mass is 423 g/mol. The zero-order chi connectivity index (χ0) is 21.5. The zero-order valence-corrected chi connectivity index (χ0v) is 16.6. The Bertz CT molecular complexity index is 639. The fourth-order valence-electron chi connectivity index (χ4n) is 2.62. The summed E-state index contributed by atoms with van der Waals surface area (Å²) in [6.45, 7) is 4.01. The molecule has 1 aliphatic rings. The predicted octanol–water partition coefficient (Wildman–Crippen LogP) is -0.226. The summed E-state index contributed by atoms with van der Waals surface area (Å²) < 4.78 is 26.0. The quantitative estimate of drug-likeness (QED) is 0.252. The smallest absolute Gasteiger partial charge is 0.306 e. The SMILES string of the molecule is CC(=O)OC[C@H]1O[C@@](NC(=O)CCl)(OC(C)=O)C[C@@H](OC(C)=O)[C@@H]1OC(C)=O. The molecule has 4 atom stereocenters. The number of carbonyl (C=O) groups excluding carboxylic acids is 5. The molecule has 0 aromatic carbocycles. The average Bonchev–Trinajstić information content (AvgIpc) is 2.53. The normalized spacial score (nSPS) is 26.5. The molecule has 0 bridgehead atoms. The molecule has 1 heterocycles. The second kappa shape index (κ2) is 10.2. The van der Waals surface area contributed by atoms with Crippen molar-refractivity contribution in [2.24, 2.45) is 0 Å². The van der Waals surface area contributed by atoms with Crippen LogP contribution in [0.15, 0.2) is 0 Å². The molecule has 1 amide bonds. The zero-order valence-electron chi connectivity index (χ0n) is 15.8. The third-order valence-electron chi connectivity index (χ3n) is 3.37. The van der Waals surface area contributed by atoms with Gasteiger partial charge in [0.1, 0.15) is 24.7 Å². The Kier molecular flexibility index (Phi) is 8.64. The Morgan fingerprint density at radius 1 is 1.00 bits per heavy atom. The first-order chi connectivity index (χ1) is 13.0. The Morgan fingerprint density at radius 3 is 2.07 bits per heavy atom. The number of ether oxygens (including phenoxy) is 5. The van der Waals surface area contributed by atoms with Crippen molar-refractivity contribution < 1.29 is 47.7 Å². The maximum atomic E-state index is 11.8. The standard InChI is InChI=1S/C16H22ClNO10/c1-8(19)24-7-13-15(26-10(3)21)12(25-9(2)20)5-16(28-13,27-11(4)22)18-14(23)6-17/h12-13,15H,5-7H2,1-4H3,(H,18,23)/t12-,13-,15+,16+/m1/s1. The van der Waals surface area contributed by atoms with Crippen LogP contribution >= 0.6 is 11.6 Å². The van der Waals surface area contributed by atoms with Crippen LogP contribution in [0.2, 0.25) is 0 Å². The number of rotatable bonds is 7. The molecule has 1 rings (SSSR count). The number of hydrogen-bond donors (Lipinski definition) is 1. The van der Waals surface area contributed by atoms with Crippen molar-refractivity contribution in [1.82, 2.24) is 5.32 Å². The van der Waals surface area contributed by atoms with Gasteiger partial charge in [-0.1, -0.05) is 0 Å². The highest BCUT2D eigenvalue weighted by atomic mass is 35.5. The predicted molar refractivity (Wildman–Crippen MR) is 90.6 cm³/mol. The number of alkyl halides is 1. The third-order valence-corrected chi connectivity index (χ3v) is 3.62. The van der Waals surface area contributed by atoms with E-state index in [-0.39, 0.29) is 0 Å². The summed E-state index contributed by atoms with van der Waals surface area (Å²) >= 11 is 5.49. The first-order valence-corrected chi connectivity index (χ1v) is 8.73. The van der Waals surface area contributed by atoms with Crippen LogP contribution < -0.4 is 5.32 Å². The average molecular weight is 424 g/mol. The van der Waals surface area contributed by atoms with Crippen molar-refractivity contribution in [3.05, 3.63) is 0 Å². The molecular formula is C16H22ClNO10. The summed E-state index contributed by atoms with van der Waals surface area (Å²) in [6.07, 6.45) is -4.02. The molecule has 12 heteroatoms. The lowest BCUT2D eigenvalue weighted by Gasteiger charge is -2.45. The fraction of sp³-hybridized carbons (Fsp3) is 0.688. The highest BCUT2D eigenvalue weighted by Crippen LogP contribution is 2.33. The molecule has 158 valence electrons. The second-order valence-electron chi connectivity index (χ2n) is 5.91.